The van der Waals surface area contributed by atoms with Crippen LogP contribution in [0, 0.1) is 0 Å². The molecule has 34 heavy (non-hydrogen) atoms. The number of rotatable bonds is 9. The van der Waals surface area contributed by atoms with Crippen molar-refractivity contribution >= 4 is 16.9 Å². The van der Waals surface area contributed by atoms with Crippen LogP contribution in [-0.2, 0) is 6.54 Å². The van der Waals surface area contributed by atoms with Crippen LogP contribution >= 0.6 is 0 Å². The summed E-state index contributed by atoms with van der Waals surface area (Å²) in [4.78, 5) is 20.8. The topological polar surface area (TPSA) is 54.3 Å². The van der Waals surface area contributed by atoms with E-state index in [0.29, 0.717) is 21.6 Å². The first-order valence-corrected chi connectivity index (χ1v) is 11.5. The fourth-order valence-electron chi connectivity index (χ4n) is 3.91. The molecule has 0 saturated carbocycles. The largest absolute Gasteiger partial charge is 0.406 e. The fourth-order valence-corrected chi connectivity index (χ4v) is 3.91. The SMILES string of the molecule is CCCCN(C)Cc1cccc(-c2cc(C(=O)N(C)CC(F)(F)F)c3cnn(C(C)C)c3n2)c1. The molecule has 0 aliphatic carbocycles. The van der Waals surface area contributed by atoms with Gasteiger partial charge in [0.2, 0.25) is 0 Å². The van der Waals surface area contributed by atoms with Crippen LogP contribution in [0.5, 0.6) is 0 Å². The Morgan fingerprint density at radius 1 is 1.18 bits per heavy atom. The maximum atomic E-state index is 13.1. The number of hydrogen-bond donors (Lipinski definition) is 0. The molecule has 0 N–H and O–H groups in total. The van der Waals surface area contributed by atoms with E-state index in [9.17, 15) is 18.0 Å². The van der Waals surface area contributed by atoms with Gasteiger partial charge in [-0.25, -0.2) is 9.67 Å². The molecule has 0 bridgehead atoms. The number of aromatic nitrogens is 3. The number of carbonyl (C=O) groups is 1. The molecule has 0 aliphatic rings. The van der Waals surface area contributed by atoms with Crippen LogP contribution < -0.4 is 0 Å². The molecule has 0 radical (unpaired) electrons. The maximum Gasteiger partial charge on any atom is 0.406 e. The van der Waals surface area contributed by atoms with Crippen molar-refractivity contribution in [2.45, 2.75) is 52.4 Å². The molecule has 0 spiro atoms. The van der Waals surface area contributed by atoms with Crippen LogP contribution in [0.4, 0.5) is 13.2 Å². The Hall–Kier alpha value is -2.94. The van der Waals surface area contributed by atoms with Gasteiger partial charge in [0, 0.05) is 25.2 Å². The number of fused-ring (bicyclic) bond motifs is 1. The normalized spacial score (nSPS) is 12.2. The van der Waals surface area contributed by atoms with Crippen molar-refractivity contribution in [2.24, 2.45) is 0 Å². The summed E-state index contributed by atoms with van der Waals surface area (Å²) < 4.78 is 40.5. The highest BCUT2D eigenvalue weighted by atomic mass is 19.4. The van der Waals surface area contributed by atoms with Crippen LogP contribution in [0.25, 0.3) is 22.3 Å². The van der Waals surface area contributed by atoms with Gasteiger partial charge < -0.3 is 9.80 Å². The summed E-state index contributed by atoms with van der Waals surface area (Å²) in [5.41, 5.74) is 3.05. The van der Waals surface area contributed by atoms with Gasteiger partial charge in [0.15, 0.2) is 5.65 Å². The summed E-state index contributed by atoms with van der Waals surface area (Å²) in [5.74, 6) is -0.718. The first-order valence-electron chi connectivity index (χ1n) is 11.5. The van der Waals surface area contributed by atoms with Gasteiger partial charge in [-0.3, -0.25) is 4.79 Å². The summed E-state index contributed by atoms with van der Waals surface area (Å²) in [6, 6.07) is 9.42. The number of alkyl halides is 3. The fraction of sp³-hybridized carbons (Fsp3) is 0.480. The van der Waals surface area contributed by atoms with Crippen molar-refractivity contribution in [3.63, 3.8) is 0 Å². The van der Waals surface area contributed by atoms with Gasteiger partial charge in [0.05, 0.1) is 22.8 Å². The Labute approximate surface area is 198 Å². The molecular formula is C25H32F3N5O. The van der Waals surface area contributed by atoms with Crippen molar-refractivity contribution in [1.82, 2.24) is 24.6 Å². The summed E-state index contributed by atoms with van der Waals surface area (Å²) in [5, 5.41) is 4.78. The molecule has 0 aliphatic heterocycles. The zero-order valence-electron chi connectivity index (χ0n) is 20.4. The second-order valence-electron chi connectivity index (χ2n) is 9.04. The number of carbonyl (C=O) groups excluding carboxylic acids is 1. The number of benzene rings is 1. The molecule has 2 aromatic heterocycles. The van der Waals surface area contributed by atoms with Crippen LogP contribution in [0.3, 0.4) is 0 Å². The summed E-state index contributed by atoms with van der Waals surface area (Å²) in [6.45, 7) is 6.45. The first-order chi connectivity index (χ1) is 16.0. The van der Waals surface area contributed by atoms with E-state index in [4.69, 9.17) is 4.98 Å². The van der Waals surface area contributed by atoms with Gasteiger partial charge in [-0.15, -0.1) is 0 Å². The smallest absolute Gasteiger partial charge is 0.333 e. The van der Waals surface area contributed by atoms with E-state index in [2.05, 4.69) is 24.0 Å². The number of amides is 1. The van der Waals surface area contributed by atoms with E-state index in [1.807, 2.05) is 38.1 Å². The highest BCUT2D eigenvalue weighted by Gasteiger charge is 2.32. The Balaban J connectivity index is 2.06. The van der Waals surface area contributed by atoms with Gasteiger partial charge in [0.25, 0.3) is 5.91 Å². The number of hydrogen-bond acceptors (Lipinski definition) is 4. The molecule has 0 unspecified atom stereocenters. The minimum Gasteiger partial charge on any atom is -0.333 e. The average Bonchev–Trinajstić information content (AvgIpc) is 3.20. The quantitative estimate of drug-likeness (QED) is 0.408. The van der Waals surface area contributed by atoms with Gasteiger partial charge in [-0.1, -0.05) is 31.5 Å². The van der Waals surface area contributed by atoms with E-state index < -0.39 is 18.6 Å². The number of unbranched alkanes of at least 4 members (excludes halogenated alkanes) is 1. The Kier molecular flexibility index (Phi) is 7.97. The minimum atomic E-state index is -4.49. The highest BCUT2D eigenvalue weighted by molar-refractivity contribution is 6.06. The predicted molar refractivity (Wildman–Crippen MR) is 128 cm³/mol. The van der Waals surface area contributed by atoms with Crippen LogP contribution in [0.15, 0.2) is 36.5 Å². The summed E-state index contributed by atoms with van der Waals surface area (Å²) in [6.07, 6.45) is -0.749. The third kappa shape index (κ3) is 6.14. The molecule has 0 atom stereocenters. The molecule has 0 fully saturated rings. The van der Waals surface area contributed by atoms with Crippen molar-refractivity contribution < 1.29 is 18.0 Å². The average molecular weight is 476 g/mol. The predicted octanol–water partition coefficient (Wildman–Crippen LogP) is 5.55. The lowest BCUT2D eigenvalue weighted by Gasteiger charge is -2.20. The third-order valence-electron chi connectivity index (χ3n) is 5.62. The highest BCUT2D eigenvalue weighted by Crippen LogP contribution is 2.28. The van der Waals surface area contributed by atoms with Crippen LogP contribution in [0.1, 0.15) is 55.6 Å². The molecular weight excluding hydrogens is 443 g/mol. The second kappa shape index (κ2) is 10.5. The summed E-state index contributed by atoms with van der Waals surface area (Å²) >= 11 is 0. The molecule has 9 heteroatoms. The van der Waals surface area contributed by atoms with Crippen molar-refractivity contribution in [2.75, 3.05) is 27.2 Å². The zero-order chi connectivity index (χ0) is 25.0. The molecule has 1 aromatic carbocycles. The van der Waals surface area contributed by atoms with Gasteiger partial charge in [-0.05, 0) is 51.6 Å². The van der Waals surface area contributed by atoms with E-state index in [-0.39, 0.29) is 11.6 Å². The van der Waals surface area contributed by atoms with Gasteiger partial charge in [0.1, 0.15) is 6.54 Å². The number of nitrogens with zero attached hydrogens (tertiary/aromatic N) is 5. The van der Waals surface area contributed by atoms with Gasteiger partial charge >= 0.3 is 6.18 Å². The van der Waals surface area contributed by atoms with E-state index in [0.717, 1.165) is 44.1 Å². The van der Waals surface area contributed by atoms with Crippen LogP contribution in [0.2, 0.25) is 0 Å². The Bertz CT molecular complexity index is 1140. The molecule has 184 valence electrons. The van der Waals surface area contributed by atoms with E-state index >= 15 is 0 Å². The van der Waals surface area contributed by atoms with Crippen molar-refractivity contribution in [1.29, 1.82) is 0 Å². The molecule has 2 heterocycles. The Morgan fingerprint density at radius 3 is 2.56 bits per heavy atom. The van der Waals surface area contributed by atoms with E-state index in [1.54, 1.807) is 10.7 Å². The molecule has 6 nitrogen and oxygen atoms in total. The lowest BCUT2D eigenvalue weighted by Crippen LogP contribution is -2.36. The lowest BCUT2D eigenvalue weighted by molar-refractivity contribution is -0.138. The molecule has 1 amide bonds. The Morgan fingerprint density at radius 2 is 1.91 bits per heavy atom. The van der Waals surface area contributed by atoms with Crippen molar-refractivity contribution in [3.05, 3.63) is 47.7 Å². The maximum absolute atomic E-state index is 13.1. The summed E-state index contributed by atoms with van der Waals surface area (Å²) in [7, 11) is 3.22. The molecule has 3 rings (SSSR count). The van der Waals surface area contributed by atoms with Crippen LogP contribution in [-0.4, -0.2) is 63.8 Å². The van der Waals surface area contributed by atoms with E-state index in [1.165, 1.54) is 6.20 Å². The number of halogens is 3. The van der Waals surface area contributed by atoms with Gasteiger partial charge in [-0.2, -0.15) is 18.3 Å². The zero-order valence-corrected chi connectivity index (χ0v) is 20.4. The third-order valence-corrected chi connectivity index (χ3v) is 5.62. The molecule has 3 aromatic rings. The van der Waals surface area contributed by atoms with Crippen molar-refractivity contribution in [3.8, 4) is 11.3 Å². The standard InChI is InChI=1S/C25H32F3N5O/c1-6-7-11-31(4)15-18-9-8-10-19(12-18)22-13-20(24(34)32(5)16-25(26,27)28)21-14-29-33(17(2)3)23(21)30-22/h8-10,12-14,17H,6-7,11,15-16H2,1-5H3. The second-order valence-corrected chi connectivity index (χ2v) is 9.04. The number of pyridine rings is 1. The monoisotopic (exact) mass is 475 g/mol. The minimum absolute atomic E-state index is 0.0327. The first kappa shape index (κ1) is 25.7. The molecule has 0 saturated heterocycles. The lowest BCUT2D eigenvalue weighted by atomic mass is 10.0.